The first-order valence-corrected chi connectivity index (χ1v) is 20.1. The van der Waals surface area contributed by atoms with E-state index in [1.807, 2.05) is 0 Å². The molecule has 52 heavy (non-hydrogen) atoms. The molecule has 4 unspecified atom stereocenters. The smallest absolute Gasteiger partial charge is 0.252 e. The highest BCUT2D eigenvalue weighted by Crippen LogP contribution is 2.65. The largest absolute Gasteiger partial charge is 0.335 e. The second kappa shape index (κ2) is 10.2. The fraction of sp³-hybridized carbons (Fsp3) is 0.375. The first kappa shape index (κ1) is 31.1. The molecule has 0 N–H and O–H groups in total. The minimum absolute atomic E-state index is 0.00398. The molecule has 0 spiro atoms. The number of nitrogens with zero attached hydrogens (tertiary/aromatic N) is 3. The minimum atomic E-state index is -0.00398. The van der Waals surface area contributed by atoms with Gasteiger partial charge in [0, 0.05) is 45.0 Å². The quantitative estimate of drug-likeness (QED) is 0.176. The van der Waals surface area contributed by atoms with Gasteiger partial charge < -0.3 is 14.7 Å². The van der Waals surface area contributed by atoms with Crippen molar-refractivity contribution in [1.82, 2.24) is 0 Å². The predicted molar refractivity (Wildman–Crippen MR) is 221 cm³/mol. The number of benzene rings is 5. The van der Waals surface area contributed by atoms with Gasteiger partial charge in [-0.2, -0.15) is 0 Å². The molecule has 4 atom stereocenters. The Hall–Kier alpha value is -4.44. The van der Waals surface area contributed by atoms with Gasteiger partial charge in [0.2, 0.25) is 0 Å². The van der Waals surface area contributed by atoms with Crippen molar-refractivity contribution in [2.24, 2.45) is 0 Å². The van der Waals surface area contributed by atoms with Gasteiger partial charge in [0.1, 0.15) is 0 Å². The topological polar surface area (TPSA) is 9.72 Å². The highest BCUT2D eigenvalue weighted by Gasteiger charge is 2.64. The standard InChI is InChI=1S/C48H50BN3/c1-31-17-21-33(22-18-31)50(34-23-19-32(2)20-24-34)35-29-40-42-41(30-35)52-44-37(46(4)26-8-10-28-48(46,52)6)14-12-16-39(44)49(42)38-15-11-13-36-43(38)51(40)47(5)27-9-7-25-45(36,47)3/h11-24,29-30H,7-10,25-28H2,1-6H3. The molecule has 0 amide bonds. The number of hydrogen-bond acceptors (Lipinski definition) is 3. The van der Waals surface area contributed by atoms with Gasteiger partial charge in [-0.05, 0) is 117 Å². The molecule has 4 heterocycles. The van der Waals surface area contributed by atoms with Crippen LogP contribution in [-0.4, -0.2) is 17.8 Å². The second-order valence-electron chi connectivity index (χ2n) is 18.1. The van der Waals surface area contributed by atoms with Crippen LogP contribution in [0.15, 0.2) is 97.1 Å². The van der Waals surface area contributed by atoms with E-state index in [1.54, 1.807) is 11.1 Å². The zero-order valence-corrected chi connectivity index (χ0v) is 31.8. The SMILES string of the molecule is Cc1ccc(N(c2ccc(C)cc2)c2cc3c4c(c2)N2c5c(cccc5C5(C)CCCCC25C)B4c2cccc4c2N3C2(C)CCCCC42C)cc1. The molecule has 2 fully saturated rings. The molecule has 0 saturated heterocycles. The van der Waals surface area contributed by atoms with Gasteiger partial charge in [-0.25, -0.2) is 0 Å². The van der Waals surface area contributed by atoms with Gasteiger partial charge in [0.25, 0.3) is 6.71 Å². The number of rotatable bonds is 3. The van der Waals surface area contributed by atoms with Crippen molar-refractivity contribution in [3.63, 3.8) is 0 Å². The van der Waals surface area contributed by atoms with Gasteiger partial charge in [-0.3, -0.25) is 0 Å². The molecule has 5 aromatic carbocycles. The molecule has 3 nitrogen and oxygen atoms in total. The monoisotopic (exact) mass is 679 g/mol. The van der Waals surface area contributed by atoms with E-state index in [-0.39, 0.29) is 28.6 Å². The molecule has 4 heteroatoms. The minimum Gasteiger partial charge on any atom is -0.335 e. The molecule has 0 aromatic heterocycles. The van der Waals surface area contributed by atoms with Crippen molar-refractivity contribution in [1.29, 1.82) is 0 Å². The van der Waals surface area contributed by atoms with E-state index >= 15 is 0 Å². The van der Waals surface area contributed by atoms with E-state index in [1.165, 1.54) is 119 Å². The maximum atomic E-state index is 2.89. The van der Waals surface area contributed by atoms with Crippen molar-refractivity contribution in [3.8, 4) is 0 Å². The van der Waals surface area contributed by atoms with Crippen molar-refractivity contribution < 1.29 is 0 Å². The molecule has 4 aliphatic heterocycles. The fourth-order valence-electron chi connectivity index (χ4n) is 12.5. The molecule has 2 aliphatic carbocycles. The molecule has 6 aliphatic rings. The molecule has 260 valence electrons. The Morgan fingerprint density at radius 2 is 0.942 bits per heavy atom. The number of para-hydroxylation sites is 2. The lowest BCUT2D eigenvalue weighted by Gasteiger charge is -2.55. The number of hydrogen-bond donors (Lipinski definition) is 0. The predicted octanol–water partition coefficient (Wildman–Crippen LogP) is 10.4. The van der Waals surface area contributed by atoms with Crippen molar-refractivity contribution >= 4 is 62.9 Å². The van der Waals surface area contributed by atoms with Crippen LogP contribution < -0.4 is 31.1 Å². The van der Waals surface area contributed by atoms with Crippen LogP contribution in [0.4, 0.5) is 39.8 Å². The third kappa shape index (κ3) is 3.55. The van der Waals surface area contributed by atoms with Crippen LogP contribution in [0.5, 0.6) is 0 Å². The van der Waals surface area contributed by atoms with Crippen LogP contribution in [0.3, 0.4) is 0 Å². The van der Waals surface area contributed by atoms with E-state index in [2.05, 4.69) is 153 Å². The average Bonchev–Trinajstić information content (AvgIpc) is 3.50. The number of anilines is 7. The Labute approximate surface area is 310 Å². The van der Waals surface area contributed by atoms with Crippen LogP contribution >= 0.6 is 0 Å². The molecular formula is C48H50BN3. The van der Waals surface area contributed by atoms with Gasteiger partial charge >= 0.3 is 0 Å². The zero-order valence-electron chi connectivity index (χ0n) is 31.8. The lowest BCUT2D eigenvalue weighted by Crippen LogP contribution is -2.66. The molecule has 5 aromatic rings. The van der Waals surface area contributed by atoms with Crippen molar-refractivity contribution in [2.75, 3.05) is 14.7 Å². The maximum absolute atomic E-state index is 2.89. The summed E-state index contributed by atoms with van der Waals surface area (Å²) < 4.78 is 0. The number of aryl methyl sites for hydroxylation is 2. The summed E-state index contributed by atoms with van der Waals surface area (Å²) in [5.74, 6) is 0. The Bertz CT molecular complexity index is 2170. The summed E-state index contributed by atoms with van der Waals surface area (Å²) in [6.45, 7) is 15.0. The average molecular weight is 680 g/mol. The fourth-order valence-corrected chi connectivity index (χ4v) is 12.5. The first-order valence-electron chi connectivity index (χ1n) is 20.1. The Morgan fingerprint density at radius 3 is 1.38 bits per heavy atom. The van der Waals surface area contributed by atoms with Crippen molar-refractivity contribution in [3.05, 3.63) is 119 Å². The summed E-state index contributed by atoms with van der Waals surface area (Å²) in [5, 5.41) is 0. The summed E-state index contributed by atoms with van der Waals surface area (Å²) >= 11 is 0. The van der Waals surface area contributed by atoms with Gasteiger partial charge in [0.15, 0.2) is 0 Å². The Balaban J connectivity index is 1.27. The van der Waals surface area contributed by atoms with Gasteiger partial charge in [0.05, 0.1) is 16.8 Å². The third-order valence-electron chi connectivity index (χ3n) is 15.7. The Kier molecular flexibility index (Phi) is 6.08. The highest BCUT2D eigenvalue weighted by molar-refractivity contribution is 7.00. The summed E-state index contributed by atoms with van der Waals surface area (Å²) in [4.78, 5) is 8.32. The van der Waals surface area contributed by atoms with E-state index in [0.717, 1.165) is 0 Å². The summed E-state index contributed by atoms with van der Waals surface area (Å²) in [6, 6.07) is 38.3. The lowest BCUT2D eigenvalue weighted by atomic mass is 9.33. The van der Waals surface area contributed by atoms with E-state index in [0.29, 0.717) is 0 Å². The normalized spacial score (nSPS) is 28.5. The summed E-state index contributed by atoms with van der Waals surface area (Å²) in [7, 11) is 0. The zero-order chi connectivity index (χ0) is 35.4. The number of fused-ring (bicyclic) bond motifs is 10. The van der Waals surface area contributed by atoms with Crippen LogP contribution in [0.2, 0.25) is 0 Å². The van der Waals surface area contributed by atoms with Gasteiger partial charge in [-0.15, -0.1) is 0 Å². The third-order valence-corrected chi connectivity index (χ3v) is 15.7. The van der Waals surface area contributed by atoms with E-state index in [9.17, 15) is 0 Å². The molecule has 0 radical (unpaired) electrons. The maximum Gasteiger partial charge on any atom is 0.252 e. The van der Waals surface area contributed by atoms with Crippen LogP contribution in [0.1, 0.15) is 101 Å². The lowest BCUT2D eigenvalue weighted by molar-refractivity contribution is 0.194. The molecular weight excluding hydrogens is 629 g/mol. The van der Waals surface area contributed by atoms with Crippen LogP contribution in [0, 0.1) is 13.8 Å². The summed E-state index contributed by atoms with van der Waals surface area (Å²) in [6.07, 6.45) is 10.1. The highest BCUT2D eigenvalue weighted by atomic mass is 15.3. The van der Waals surface area contributed by atoms with Crippen LogP contribution in [0.25, 0.3) is 0 Å². The van der Waals surface area contributed by atoms with Crippen molar-refractivity contribution in [2.45, 2.75) is 115 Å². The van der Waals surface area contributed by atoms with Gasteiger partial charge in [-0.1, -0.05) is 111 Å². The molecule has 0 bridgehead atoms. The second-order valence-corrected chi connectivity index (χ2v) is 18.1. The molecule has 11 rings (SSSR count). The summed E-state index contributed by atoms with van der Waals surface area (Å²) in [5.41, 5.74) is 20.0. The Morgan fingerprint density at radius 1 is 0.519 bits per heavy atom. The van der Waals surface area contributed by atoms with E-state index in [4.69, 9.17) is 0 Å². The molecule has 2 saturated carbocycles. The van der Waals surface area contributed by atoms with E-state index < -0.39 is 0 Å². The van der Waals surface area contributed by atoms with Crippen LogP contribution in [-0.2, 0) is 10.8 Å². The first-order chi connectivity index (χ1) is 25.1.